The lowest BCUT2D eigenvalue weighted by atomic mass is 10.0. The number of benzene rings is 2. The average molecular weight is 351 g/mol. The molecule has 8 nitrogen and oxygen atoms in total. The Morgan fingerprint density at radius 3 is 2.50 bits per heavy atom. The molecule has 130 valence electrons. The number of phenols is 1. The van der Waals surface area contributed by atoms with Gasteiger partial charge in [-0.15, -0.1) is 0 Å². The van der Waals surface area contributed by atoms with E-state index >= 15 is 0 Å². The van der Waals surface area contributed by atoms with Gasteiger partial charge >= 0.3 is 0 Å². The fraction of sp³-hybridized carbons (Fsp3) is 0.0556. The molecular formula is C18H13N3O5. The predicted octanol–water partition coefficient (Wildman–Crippen LogP) is 2.92. The molecule has 0 fully saturated rings. The van der Waals surface area contributed by atoms with E-state index in [9.17, 15) is 24.8 Å². The van der Waals surface area contributed by atoms with Crippen molar-refractivity contribution in [2.75, 3.05) is 5.01 Å². The van der Waals surface area contributed by atoms with E-state index < -0.39 is 10.8 Å². The fourth-order valence-electron chi connectivity index (χ4n) is 2.50. The van der Waals surface area contributed by atoms with Gasteiger partial charge in [-0.25, -0.2) is 0 Å². The minimum Gasteiger partial charge on any atom is -0.507 e. The lowest BCUT2D eigenvalue weighted by Gasteiger charge is -2.11. The molecule has 1 N–H and O–H groups in total. The summed E-state index contributed by atoms with van der Waals surface area (Å²) in [6.07, 6.45) is 2.09. The van der Waals surface area contributed by atoms with Crippen LogP contribution < -0.4 is 5.01 Å². The zero-order chi connectivity index (χ0) is 18.8. The first-order valence-electron chi connectivity index (χ1n) is 7.55. The molecule has 1 amide bonds. The van der Waals surface area contributed by atoms with Crippen LogP contribution in [0.3, 0.4) is 0 Å². The summed E-state index contributed by atoms with van der Waals surface area (Å²) in [6, 6.07) is 9.89. The van der Waals surface area contributed by atoms with Crippen LogP contribution in [-0.2, 0) is 4.79 Å². The molecule has 1 heterocycles. The number of hydrogen-bond acceptors (Lipinski definition) is 6. The van der Waals surface area contributed by atoms with E-state index in [2.05, 4.69) is 5.10 Å². The molecule has 0 aliphatic carbocycles. The Balaban J connectivity index is 1.92. The maximum Gasteiger partial charge on any atom is 0.280 e. The van der Waals surface area contributed by atoms with Crippen LogP contribution in [-0.4, -0.2) is 27.9 Å². The van der Waals surface area contributed by atoms with E-state index in [1.54, 1.807) is 19.1 Å². The van der Waals surface area contributed by atoms with Crippen LogP contribution in [0, 0.1) is 10.1 Å². The van der Waals surface area contributed by atoms with Crippen LogP contribution in [0.4, 0.5) is 11.4 Å². The Hall–Kier alpha value is -3.81. The summed E-state index contributed by atoms with van der Waals surface area (Å²) in [7, 11) is 0. The van der Waals surface area contributed by atoms with Gasteiger partial charge in [-0.05, 0) is 42.8 Å². The Bertz CT molecular complexity index is 977. The number of amides is 1. The number of hydrazone groups is 1. The largest absolute Gasteiger partial charge is 0.507 e. The summed E-state index contributed by atoms with van der Waals surface area (Å²) in [6.45, 7) is 1.66. The highest BCUT2D eigenvalue weighted by atomic mass is 16.6. The standard InChI is InChI=1S/C18H13N3O5/c1-11-16(9-12-2-7-17(23)13(8-12)10-22)18(24)20(19-11)14-3-5-15(6-4-14)21(25)26/h2-10,23H,1H3/b16-9-. The summed E-state index contributed by atoms with van der Waals surface area (Å²) in [4.78, 5) is 33.8. The van der Waals surface area contributed by atoms with Crippen LogP contribution in [0.2, 0.25) is 0 Å². The van der Waals surface area contributed by atoms with Gasteiger partial charge in [0.15, 0.2) is 6.29 Å². The minimum absolute atomic E-state index is 0.0812. The summed E-state index contributed by atoms with van der Waals surface area (Å²) in [5.41, 5.74) is 1.80. The summed E-state index contributed by atoms with van der Waals surface area (Å²) >= 11 is 0. The van der Waals surface area contributed by atoms with Gasteiger partial charge in [-0.1, -0.05) is 6.07 Å². The number of nitrogens with zero attached hydrogens (tertiary/aromatic N) is 3. The average Bonchev–Trinajstić information content (AvgIpc) is 2.91. The Labute approximate surface area is 147 Å². The Morgan fingerprint density at radius 1 is 1.19 bits per heavy atom. The lowest BCUT2D eigenvalue weighted by molar-refractivity contribution is -0.384. The highest BCUT2D eigenvalue weighted by molar-refractivity contribution is 6.32. The quantitative estimate of drug-likeness (QED) is 0.394. The molecule has 0 saturated carbocycles. The van der Waals surface area contributed by atoms with Crippen molar-refractivity contribution in [3.63, 3.8) is 0 Å². The summed E-state index contributed by atoms with van der Waals surface area (Å²) in [5.74, 6) is -0.533. The zero-order valence-corrected chi connectivity index (χ0v) is 13.6. The lowest BCUT2D eigenvalue weighted by Crippen LogP contribution is -2.21. The van der Waals surface area contributed by atoms with Crippen molar-refractivity contribution in [3.05, 3.63) is 69.3 Å². The van der Waals surface area contributed by atoms with Gasteiger partial charge in [-0.3, -0.25) is 19.7 Å². The first-order chi connectivity index (χ1) is 12.4. The molecule has 0 aromatic heterocycles. The van der Waals surface area contributed by atoms with Gasteiger partial charge in [0.05, 0.1) is 27.5 Å². The summed E-state index contributed by atoms with van der Waals surface area (Å²) < 4.78 is 0. The smallest absolute Gasteiger partial charge is 0.280 e. The number of phenolic OH excluding ortho intramolecular Hbond substituents is 1. The first-order valence-corrected chi connectivity index (χ1v) is 7.55. The van der Waals surface area contributed by atoms with E-state index in [0.29, 0.717) is 28.8 Å². The minimum atomic E-state index is -0.523. The fourth-order valence-corrected chi connectivity index (χ4v) is 2.50. The van der Waals surface area contributed by atoms with Gasteiger partial charge < -0.3 is 5.11 Å². The Morgan fingerprint density at radius 2 is 1.88 bits per heavy atom. The molecular weight excluding hydrogens is 338 g/mol. The molecule has 0 saturated heterocycles. The molecule has 8 heteroatoms. The predicted molar refractivity (Wildman–Crippen MR) is 95.2 cm³/mol. The number of nitro groups is 1. The van der Waals surface area contributed by atoms with Crippen LogP contribution in [0.5, 0.6) is 5.75 Å². The third-order valence-corrected chi connectivity index (χ3v) is 3.86. The highest BCUT2D eigenvalue weighted by Crippen LogP contribution is 2.27. The molecule has 26 heavy (non-hydrogen) atoms. The molecule has 0 unspecified atom stereocenters. The SMILES string of the molecule is CC1=NN(c2ccc([N+](=O)[O-])cc2)C(=O)/C1=C\c1ccc(O)c(C=O)c1. The molecule has 2 aromatic rings. The van der Waals surface area contributed by atoms with E-state index in [1.807, 2.05) is 0 Å². The van der Waals surface area contributed by atoms with E-state index in [0.717, 1.165) is 5.01 Å². The normalized spacial score (nSPS) is 15.3. The molecule has 3 rings (SSSR count). The van der Waals surface area contributed by atoms with Crippen LogP contribution in [0.25, 0.3) is 6.08 Å². The maximum atomic E-state index is 12.7. The molecule has 2 aromatic carbocycles. The first kappa shape index (κ1) is 17.0. The van der Waals surface area contributed by atoms with Crippen molar-refractivity contribution < 1.29 is 19.6 Å². The number of aromatic hydroxyl groups is 1. The van der Waals surface area contributed by atoms with Crippen molar-refractivity contribution in [1.82, 2.24) is 0 Å². The van der Waals surface area contributed by atoms with Gasteiger partial charge in [0.1, 0.15) is 5.75 Å². The van der Waals surface area contributed by atoms with Crippen molar-refractivity contribution in [1.29, 1.82) is 0 Å². The van der Waals surface area contributed by atoms with Crippen molar-refractivity contribution in [2.24, 2.45) is 5.10 Å². The molecule has 0 spiro atoms. The third-order valence-electron chi connectivity index (χ3n) is 3.86. The second kappa shape index (κ2) is 6.60. The van der Waals surface area contributed by atoms with Gasteiger partial charge in [0, 0.05) is 12.1 Å². The number of non-ortho nitro benzene ring substituents is 1. The number of anilines is 1. The number of hydrogen-bond donors (Lipinski definition) is 1. The van der Waals surface area contributed by atoms with E-state index in [1.165, 1.54) is 36.4 Å². The van der Waals surface area contributed by atoms with E-state index in [-0.39, 0.29) is 17.0 Å². The second-order valence-electron chi connectivity index (χ2n) is 5.57. The van der Waals surface area contributed by atoms with E-state index in [4.69, 9.17) is 0 Å². The molecule has 0 radical (unpaired) electrons. The van der Waals surface area contributed by atoms with Gasteiger partial charge in [0.2, 0.25) is 0 Å². The number of nitro benzene ring substituents is 1. The highest BCUT2D eigenvalue weighted by Gasteiger charge is 2.29. The molecule has 1 aliphatic rings. The van der Waals surface area contributed by atoms with Crippen LogP contribution in [0.1, 0.15) is 22.8 Å². The van der Waals surface area contributed by atoms with Gasteiger partial charge in [0.25, 0.3) is 11.6 Å². The number of carbonyl (C=O) groups is 2. The number of aldehydes is 1. The van der Waals surface area contributed by atoms with Crippen LogP contribution >= 0.6 is 0 Å². The molecule has 0 atom stereocenters. The zero-order valence-electron chi connectivity index (χ0n) is 13.6. The maximum absolute atomic E-state index is 12.7. The number of rotatable bonds is 4. The third kappa shape index (κ3) is 3.07. The second-order valence-corrected chi connectivity index (χ2v) is 5.57. The van der Waals surface area contributed by atoms with Crippen LogP contribution in [0.15, 0.2) is 53.1 Å². The van der Waals surface area contributed by atoms with Crippen molar-refractivity contribution in [2.45, 2.75) is 6.92 Å². The van der Waals surface area contributed by atoms with Crippen molar-refractivity contribution in [3.8, 4) is 5.75 Å². The summed E-state index contributed by atoms with van der Waals surface area (Å²) in [5, 5.41) is 25.6. The van der Waals surface area contributed by atoms with Crippen molar-refractivity contribution >= 4 is 35.4 Å². The monoisotopic (exact) mass is 351 g/mol. The molecule has 1 aliphatic heterocycles. The number of carbonyl (C=O) groups excluding carboxylic acids is 2. The van der Waals surface area contributed by atoms with Gasteiger partial charge in [-0.2, -0.15) is 10.1 Å². The molecule has 0 bridgehead atoms. The Kier molecular flexibility index (Phi) is 4.32. The topological polar surface area (TPSA) is 113 Å².